The van der Waals surface area contributed by atoms with Gasteiger partial charge >= 0.3 is 0 Å². The van der Waals surface area contributed by atoms with E-state index >= 15 is 0 Å². The first kappa shape index (κ1) is 59.0. The molecular formula is C53H107NO4. The van der Waals surface area contributed by atoms with Crippen molar-refractivity contribution in [1.29, 1.82) is 0 Å². The predicted octanol–water partition coefficient (Wildman–Crippen LogP) is 17.0. The van der Waals surface area contributed by atoms with Gasteiger partial charge in [-0.05, 0) is 69.5 Å². The van der Waals surface area contributed by atoms with Crippen LogP contribution in [0.5, 0.6) is 0 Å². The summed E-state index contributed by atoms with van der Waals surface area (Å²) in [6.07, 6.45) is 50.9. The van der Waals surface area contributed by atoms with Gasteiger partial charge in [0, 0.05) is 0 Å². The van der Waals surface area contributed by atoms with E-state index < -0.39 is 0 Å². The summed E-state index contributed by atoms with van der Waals surface area (Å²) in [7, 11) is 0. The van der Waals surface area contributed by atoms with Crippen molar-refractivity contribution in [1.82, 2.24) is 4.90 Å². The SMILES string of the molecule is CCCCCC(CCCCC)CCOC=O.CCCCCC(CCCCC)CCOC=O.CCCCCCCCCC(CCCCCCCCC)CCN1CCCC1. The molecule has 5 heteroatoms. The molecule has 0 amide bonds. The quantitative estimate of drug-likeness (QED) is 0.0453. The fourth-order valence-electron chi connectivity index (χ4n) is 8.75. The maximum Gasteiger partial charge on any atom is 0.293 e. The van der Waals surface area contributed by atoms with Crippen LogP contribution >= 0.6 is 0 Å². The Morgan fingerprint density at radius 2 is 0.621 bits per heavy atom. The van der Waals surface area contributed by atoms with Crippen molar-refractivity contribution in [2.24, 2.45) is 17.8 Å². The fraction of sp³-hybridized carbons (Fsp3) is 0.962. The second kappa shape index (κ2) is 52.0. The lowest BCUT2D eigenvalue weighted by molar-refractivity contribution is -0.129. The predicted molar refractivity (Wildman–Crippen MR) is 256 cm³/mol. The van der Waals surface area contributed by atoms with Crippen LogP contribution in [-0.2, 0) is 19.1 Å². The molecule has 1 aliphatic heterocycles. The summed E-state index contributed by atoms with van der Waals surface area (Å²) in [5.74, 6) is 2.54. The summed E-state index contributed by atoms with van der Waals surface area (Å²) < 4.78 is 9.59. The van der Waals surface area contributed by atoms with E-state index in [2.05, 4.69) is 46.4 Å². The number of carbonyl (C=O) groups is 2. The Morgan fingerprint density at radius 1 is 0.362 bits per heavy atom. The summed E-state index contributed by atoms with van der Waals surface area (Å²) in [6, 6.07) is 0. The van der Waals surface area contributed by atoms with Gasteiger partial charge in [-0.15, -0.1) is 0 Å². The van der Waals surface area contributed by atoms with Crippen LogP contribution in [0.25, 0.3) is 0 Å². The molecule has 0 unspecified atom stereocenters. The van der Waals surface area contributed by atoms with E-state index in [1.54, 1.807) is 0 Å². The van der Waals surface area contributed by atoms with Crippen molar-refractivity contribution in [3.63, 3.8) is 0 Å². The van der Waals surface area contributed by atoms with Gasteiger partial charge in [0.2, 0.25) is 0 Å². The van der Waals surface area contributed by atoms with E-state index in [1.165, 1.54) is 244 Å². The second-order valence-corrected chi connectivity index (χ2v) is 18.2. The number of ether oxygens (including phenoxy) is 2. The first-order valence-electron chi connectivity index (χ1n) is 26.4. The minimum atomic E-state index is 0.565. The Bertz CT molecular complexity index is 685. The zero-order chi connectivity index (χ0) is 42.8. The lowest BCUT2D eigenvalue weighted by atomic mass is 9.91. The van der Waals surface area contributed by atoms with Gasteiger partial charge in [0.15, 0.2) is 0 Å². The molecule has 0 radical (unpaired) electrons. The molecule has 0 saturated carbocycles. The zero-order valence-electron chi connectivity index (χ0n) is 40.7. The van der Waals surface area contributed by atoms with Crippen LogP contribution in [0.15, 0.2) is 0 Å². The first-order chi connectivity index (χ1) is 28.6. The molecule has 0 spiro atoms. The lowest BCUT2D eigenvalue weighted by Crippen LogP contribution is -2.22. The number of rotatable bonds is 43. The Balaban J connectivity index is 0. The average Bonchev–Trinajstić information content (AvgIpc) is 3.76. The maximum absolute atomic E-state index is 10.1. The third-order valence-corrected chi connectivity index (χ3v) is 12.8. The molecule has 58 heavy (non-hydrogen) atoms. The number of carbonyl (C=O) groups excluding carboxylic acids is 2. The number of hydrogen-bond donors (Lipinski definition) is 0. The van der Waals surface area contributed by atoms with E-state index in [9.17, 15) is 9.59 Å². The Hall–Kier alpha value is -1.10. The normalized spacial score (nSPS) is 12.8. The molecule has 0 aromatic rings. The van der Waals surface area contributed by atoms with Crippen molar-refractivity contribution >= 4 is 12.9 Å². The van der Waals surface area contributed by atoms with Gasteiger partial charge in [0.05, 0.1) is 13.2 Å². The number of nitrogens with zero attached hydrogens (tertiary/aromatic N) is 1. The Kier molecular flexibility index (Phi) is 52.9. The zero-order valence-corrected chi connectivity index (χ0v) is 40.7. The van der Waals surface area contributed by atoms with Gasteiger partial charge in [-0.2, -0.15) is 0 Å². The molecule has 348 valence electrons. The van der Waals surface area contributed by atoms with Crippen molar-refractivity contribution in [2.75, 3.05) is 32.8 Å². The molecule has 1 heterocycles. The molecule has 0 bridgehead atoms. The highest BCUT2D eigenvalue weighted by Gasteiger charge is 2.15. The monoisotopic (exact) mass is 822 g/mol. The summed E-state index contributed by atoms with van der Waals surface area (Å²) in [5.41, 5.74) is 0. The molecule has 0 aromatic heterocycles. The summed E-state index contributed by atoms with van der Waals surface area (Å²) >= 11 is 0. The molecule has 1 fully saturated rings. The van der Waals surface area contributed by atoms with Crippen molar-refractivity contribution in [2.45, 2.75) is 279 Å². The Morgan fingerprint density at radius 3 is 0.931 bits per heavy atom. The number of likely N-dealkylation sites (tertiary alicyclic amines) is 1. The second-order valence-electron chi connectivity index (χ2n) is 18.2. The van der Waals surface area contributed by atoms with Gasteiger partial charge < -0.3 is 14.4 Å². The summed E-state index contributed by atoms with van der Waals surface area (Å²) in [5, 5.41) is 0. The lowest BCUT2D eigenvalue weighted by Gasteiger charge is -2.21. The average molecular weight is 822 g/mol. The fourth-order valence-corrected chi connectivity index (χ4v) is 8.75. The van der Waals surface area contributed by atoms with Gasteiger partial charge in [-0.25, -0.2) is 0 Å². The van der Waals surface area contributed by atoms with Crippen LogP contribution in [-0.4, -0.2) is 50.7 Å². The molecule has 5 nitrogen and oxygen atoms in total. The van der Waals surface area contributed by atoms with E-state index in [4.69, 9.17) is 9.47 Å². The maximum atomic E-state index is 10.1. The highest BCUT2D eigenvalue weighted by Crippen LogP contribution is 2.25. The van der Waals surface area contributed by atoms with Crippen LogP contribution in [0.1, 0.15) is 279 Å². The van der Waals surface area contributed by atoms with Crippen molar-refractivity contribution < 1.29 is 19.1 Å². The van der Waals surface area contributed by atoms with Gasteiger partial charge in [-0.1, -0.05) is 247 Å². The molecule has 1 aliphatic rings. The van der Waals surface area contributed by atoms with E-state index in [0.29, 0.717) is 26.2 Å². The third-order valence-electron chi connectivity index (χ3n) is 12.8. The minimum absolute atomic E-state index is 0.565. The standard InChI is InChI=1S/C25H51N.2C14H28O2/c1-3-5-7-9-11-13-15-19-25(21-24-26-22-17-18-23-26)20-16-14-12-10-8-6-4-2;2*1-3-5-7-9-14(10-8-6-4-2)11-12-16-13-15/h25H,3-24H2,1-2H3;2*13-14H,3-12H2,1-2H3. The largest absolute Gasteiger partial charge is 0.468 e. The highest BCUT2D eigenvalue weighted by atomic mass is 16.5. The number of hydrogen-bond acceptors (Lipinski definition) is 5. The van der Waals surface area contributed by atoms with Crippen LogP contribution in [0.2, 0.25) is 0 Å². The smallest absolute Gasteiger partial charge is 0.293 e. The van der Waals surface area contributed by atoms with E-state index in [0.717, 1.165) is 30.6 Å². The highest BCUT2D eigenvalue weighted by molar-refractivity contribution is 5.37. The molecule has 0 aliphatic carbocycles. The molecule has 1 rings (SSSR count). The van der Waals surface area contributed by atoms with Crippen molar-refractivity contribution in [3.8, 4) is 0 Å². The molecule has 1 saturated heterocycles. The summed E-state index contributed by atoms with van der Waals surface area (Å²) in [4.78, 5) is 22.9. The molecule has 0 atom stereocenters. The van der Waals surface area contributed by atoms with Crippen LogP contribution < -0.4 is 0 Å². The van der Waals surface area contributed by atoms with Gasteiger partial charge in [0.1, 0.15) is 0 Å². The Labute approximate surface area is 365 Å². The number of unbranched alkanes of at least 4 members (excludes halogenated alkanes) is 20. The van der Waals surface area contributed by atoms with Gasteiger partial charge in [-0.3, -0.25) is 9.59 Å². The van der Waals surface area contributed by atoms with Crippen LogP contribution in [0.3, 0.4) is 0 Å². The first-order valence-corrected chi connectivity index (χ1v) is 26.4. The van der Waals surface area contributed by atoms with E-state index in [-0.39, 0.29) is 0 Å². The minimum Gasteiger partial charge on any atom is -0.468 e. The van der Waals surface area contributed by atoms with Crippen molar-refractivity contribution in [3.05, 3.63) is 0 Å². The molecule has 0 N–H and O–H groups in total. The molecular weight excluding hydrogens is 715 g/mol. The molecule has 0 aromatic carbocycles. The third kappa shape index (κ3) is 46.0. The van der Waals surface area contributed by atoms with E-state index in [1.807, 2.05) is 0 Å². The topological polar surface area (TPSA) is 55.8 Å². The van der Waals surface area contributed by atoms with Crippen LogP contribution in [0.4, 0.5) is 0 Å². The van der Waals surface area contributed by atoms with Crippen LogP contribution in [0, 0.1) is 17.8 Å². The summed E-state index contributed by atoms with van der Waals surface area (Å²) in [6.45, 7) is 20.1. The van der Waals surface area contributed by atoms with Gasteiger partial charge in [0.25, 0.3) is 12.9 Å².